The van der Waals surface area contributed by atoms with Crippen LogP contribution in [0.5, 0.6) is 0 Å². The van der Waals surface area contributed by atoms with Gasteiger partial charge >= 0.3 is 0 Å². The third kappa shape index (κ3) is 3.52. The first-order valence-corrected chi connectivity index (χ1v) is 7.18. The predicted octanol–water partition coefficient (Wildman–Crippen LogP) is 3.87. The van der Waals surface area contributed by atoms with Crippen molar-refractivity contribution < 1.29 is 0 Å². The van der Waals surface area contributed by atoms with E-state index in [9.17, 15) is 0 Å². The summed E-state index contributed by atoms with van der Waals surface area (Å²) < 4.78 is 1.09. The third-order valence-corrected chi connectivity index (χ3v) is 3.70. The average molecular weight is 330 g/mol. The molecule has 0 aromatic heterocycles. The van der Waals surface area contributed by atoms with Gasteiger partial charge in [0.05, 0.1) is 23.0 Å². The quantitative estimate of drug-likeness (QED) is 0.837. The van der Waals surface area contributed by atoms with Crippen molar-refractivity contribution in [2.24, 2.45) is 0 Å². The van der Waals surface area contributed by atoms with Gasteiger partial charge in [-0.15, -0.1) is 0 Å². The second-order valence-electron chi connectivity index (χ2n) is 4.66. The van der Waals surface area contributed by atoms with Crippen molar-refractivity contribution in [1.82, 2.24) is 0 Å². The van der Waals surface area contributed by atoms with Gasteiger partial charge in [-0.1, -0.05) is 22.0 Å². The smallest absolute Gasteiger partial charge is 0.0992 e. The van der Waals surface area contributed by atoms with Gasteiger partial charge in [-0.25, -0.2) is 0 Å². The number of rotatable bonds is 4. The number of halogens is 1. The predicted molar refractivity (Wildman–Crippen MR) is 86.6 cm³/mol. The standard InChI is InChI=1S/C16H16BrN3/c1-11-2-4-14(17)9-13(11)6-7-20-16-8-12(10-18)3-5-15(16)19/h2-5,8-9,20H,6-7,19H2,1H3. The lowest BCUT2D eigenvalue weighted by Gasteiger charge is -2.11. The minimum atomic E-state index is 0.611. The maximum atomic E-state index is 8.90. The van der Waals surface area contributed by atoms with Crippen molar-refractivity contribution >= 4 is 27.3 Å². The molecule has 0 aliphatic heterocycles. The van der Waals surface area contributed by atoms with Gasteiger partial charge in [0.15, 0.2) is 0 Å². The molecular formula is C16H16BrN3. The fourth-order valence-corrected chi connectivity index (χ4v) is 2.43. The van der Waals surface area contributed by atoms with Gasteiger partial charge < -0.3 is 11.1 Å². The molecule has 0 bridgehead atoms. The minimum absolute atomic E-state index is 0.611. The highest BCUT2D eigenvalue weighted by atomic mass is 79.9. The highest BCUT2D eigenvalue weighted by molar-refractivity contribution is 9.10. The fourth-order valence-electron chi connectivity index (χ4n) is 2.02. The van der Waals surface area contributed by atoms with E-state index in [0.29, 0.717) is 11.3 Å². The van der Waals surface area contributed by atoms with E-state index in [2.05, 4.69) is 46.4 Å². The molecule has 0 atom stereocenters. The highest BCUT2D eigenvalue weighted by Gasteiger charge is 2.02. The molecule has 0 amide bonds. The molecule has 0 radical (unpaired) electrons. The minimum Gasteiger partial charge on any atom is -0.397 e. The van der Waals surface area contributed by atoms with Crippen LogP contribution in [0.4, 0.5) is 11.4 Å². The lowest BCUT2D eigenvalue weighted by Crippen LogP contribution is -2.08. The molecule has 0 unspecified atom stereocenters. The van der Waals surface area contributed by atoms with E-state index < -0.39 is 0 Å². The Morgan fingerprint density at radius 2 is 2.05 bits per heavy atom. The maximum Gasteiger partial charge on any atom is 0.0992 e. The Kier molecular flexibility index (Phi) is 4.65. The van der Waals surface area contributed by atoms with Crippen LogP contribution in [0.25, 0.3) is 0 Å². The Morgan fingerprint density at radius 3 is 2.80 bits per heavy atom. The topological polar surface area (TPSA) is 61.8 Å². The molecule has 3 N–H and O–H groups in total. The van der Waals surface area contributed by atoms with Crippen LogP contribution in [0, 0.1) is 18.3 Å². The summed E-state index contributed by atoms with van der Waals surface area (Å²) in [5, 5.41) is 12.2. The molecule has 0 aliphatic rings. The van der Waals surface area contributed by atoms with E-state index in [4.69, 9.17) is 11.0 Å². The number of aryl methyl sites for hydroxylation is 1. The first kappa shape index (κ1) is 14.4. The van der Waals surface area contributed by atoms with Crippen LogP contribution in [-0.4, -0.2) is 6.54 Å². The molecule has 102 valence electrons. The van der Waals surface area contributed by atoms with Crippen molar-refractivity contribution in [3.05, 3.63) is 57.6 Å². The van der Waals surface area contributed by atoms with Crippen LogP contribution in [0.1, 0.15) is 16.7 Å². The molecule has 0 fully saturated rings. The normalized spacial score (nSPS) is 10.1. The summed E-state index contributed by atoms with van der Waals surface area (Å²) in [5.41, 5.74) is 10.6. The number of benzene rings is 2. The number of nitrogens with zero attached hydrogens (tertiary/aromatic N) is 1. The Morgan fingerprint density at radius 1 is 1.25 bits per heavy atom. The van der Waals surface area contributed by atoms with Gasteiger partial charge in [0.1, 0.15) is 0 Å². The van der Waals surface area contributed by atoms with Crippen LogP contribution in [-0.2, 0) is 6.42 Å². The van der Waals surface area contributed by atoms with Crippen LogP contribution < -0.4 is 11.1 Å². The van der Waals surface area contributed by atoms with Crippen molar-refractivity contribution in [3.8, 4) is 6.07 Å². The van der Waals surface area contributed by atoms with Gasteiger partial charge in [0, 0.05) is 11.0 Å². The van der Waals surface area contributed by atoms with Crippen molar-refractivity contribution in [2.75, 3.05) is 17.6 Å². The zero-order valence-electron chi connectivity index (χ0n) is 11.3. The SMILES string of the molecule is Cc1ccc(Br)cc1CCNc1cc(C#N)ccc1N. The van der Waals surface area contributed by atoms with Crippen molar-refractivity contribution in [1.29, 1.82) is 5.26 Å². The van der Waals surface area contributed by atoms with Gasteiger partial charge in [-0.3, -0.25) is 0 Å². The number of nitrogens with one attached hydrogen (secondary N) is 1. The van der Waals surface area contributed by atoms with Crippen molar-refractivity contribution in [2.45, 2.75) is 13.3 Å². The summed E-state index contributed by atoms with van der Waals surface area (Å²) in [6, 6.07) is 13.6. The Hall–Kier alpha value is -1.99. The van der Waals surface area contributed by atoms with E-state index in [1.54, 1.807) is 18.2 Å². The van der Waals surface area contributed by atoms with E-state index in [1.165, 1.54) is 11.1 Å². The molecule has 2 aromatic rings. The van der Waals surface area contributed by atoms with Crippen molar-refractivity contribution in [3.63, 3.8) is 0 Å². The number of hydrogen-bond donors (Lipinski definition) is 2. The number of hydrogen-bond acceptors (Lipinski definition) is 3. The first-order valence-electron chi connectivity index (χ1n) is 6.38. The molecule has 3 nitrogen and oxygen atoms in total. The lowest BCUT2D eigenvalue weighted by molar-refractivity contribution is 1.00. The van der Waals surface area contributed by atoms with Crippen LogP contribution >= 0.6 is 15.9 Å². The number of nitriles is 1. The molecular weight excluding hydrogens is 314 g/mol. The van der Waals surface area contributed by atoms with Gasteiger partial charge in [0.2, 0.25) is 0 Å². The molecule has 2 aromatic carbocycles. The molecule has 0 saturated carbocycles. The second kappa shape index (κ2) is 6.44. The molecule has 0 saturated heterocycles. The lowest BCUT2D eigenvalue weighted by atomic mass is 10.1. The molecule has 0 aliphatic carbocycles. The molecule has 0 heterocycles. The van der Waals surface area contributed by atoms with E-state index in [0.717, 1.165) is 23.1 Å². The average Bonchev–Trinajstić information content (AvgIpc) is 2.44. The highest BCUT2D eigenvalue weighted by Crippen LogP contribution is 2.20. The summed E-state index contributed by atoms with van der Waals surface area (Å²) in [7, 11) is 0. The van der Waals surface area contributed by atoms with Crippen LogP contribution in [0.3, 0.4) is 0 Å². The number of anilines is 2. The number of nitrogen functional groups attached to an aromatic ring is 1. The Labute approximate surface area is 127 Å². The monoisotopic (exact) mass is 329 g/mol. The van der Waals surface area contributed by atoms with E-state index in [-0.39, 0.29) is 0 Å². The Bertz CT molecular complexity index is 659. The fraction of sp³-hybridized carbons (Fsp3) is 0.188. The maximum absolute atomic E-state index is 8.90. The van der Waals surface area contributed by atoms with Gasteiger partial charge in [-0.2, -0.15) is 5.26 Å². The van der Waals surface area contributed by atoms with Gasteiger partial charge in [-0.05, 0) is 54.8 Å². The van der Waals surface area contributed by atoms with E-state index in [1.807, 2.05) is 6.07 Å². The summed E-state index contributed by atoms with van der Waals surface area (Å²) in [6.45, 7) is 2.88. The summed E-state index contributed by atoms with van der Waals surface area (Å²) >= 11 is 3.49. The number of nitrogens with two attached hydrogens (primary N) is 1. The molecule has 2 rings (SSSR count). The Balaban J connectivity index is 2.03. The van der Waals surface area contributed by atoms with E-state index >= 15 is 0 Å². The van der Waals surface area contributed by atoms with Crippen LogP contribution in [0.2, 0.25) is 0 Å². The first-order chi connectivity index (χ1) is 9.60. The summed E-state index contributed by atoms with van der Waals surface area (Å²) in [6.07, 6.45) is 0.904. The zero-order chi connectivity index (χ0) is 14.5. The third-order valence-electron chi connectivity index (χ3n) is 3.20. The summed E-state index contributed by atoms with van der Waals surface area (Å²) in [4.78, 5) is 0. The second-order valence-corrected chi connectivity index (χ2v) is 5.58. The largest absolute Gasteiger partial charge is 0.397 e. The summed E-state index contributed by atoms with van der Waals surface area (Å²) in [5.74, 6) is 0. The zero-order valence-corrected chi connectivity index (χ0v) is 12.9. The van der Waals surface area contributed by atoms with Gasteiger partial charge in [0.25, 0.3) is 0 Å². The molecule has 20 heavy (non-hydrogen) atoms. The van der Waals surface area contributed by atoms with Crippen LogP contribution in [0.15, 0.2) is 40.9 Å². The molecule has 0 spiro atoms. The molecule has 4 heteroatoms.